The third kappa shape index (κ3) is 7.46. The molecule has 94 valence electrons. The van der Waals surface area contributed by atoms with Crippen LogP contribution in [0.2, 0.25) is 0 Å². The Hall–Kier alpha value is -0.830. The molecule has 0 spiro atoms. The summed E-state index contributed by atoms with van der Waals surface area (Å²) >= 11 is 0. The lowest BCUT2D eigenvalue weighted by Gasteiger charge is -2.11. The van der Waals surface area contributed by atoms with E-state index in [1.54, 1.807) is 19.0 Å². The molecule has 2 unspecified atom stereocenters. The number of allylic oxidation sites excluding steroid dienone is 2. The van der Waals surface area contributed by atoms with E-state index in [0.717, 1.165) is 19.3 Å². The minimum Gasteiger partial charge on any atom is -0.393 e. The predicted molar refractivity (Wildman–Crippen MR) is 67.1 cm³/mol. The fourth-order valence-corrected chi connectivity index (χ4v) is 1.22. The van der Waals surface area contributed by atoms with Crippen LogP contribution in [0.15, 0.2) is 12.2 Å². The number of hydrogen-bond acceptors (Lipinski definition) is 2. The highest BCUT2D eigenvalue weighted by Crippen LogP contribution is 2.09. The smallest absolute Gasteiger partial charge is 0.222 e. The van der Waals surface area contributed by atoms with Crippen LogP contribution >= 0.6 is 0 Å². The number of rotatable bonds is 7. The zero-order valence-corrected chi connectivity index (χ0v) is 10.9. The van der Waals surface area contributed by atoms with E-state index in [4.69, 9.17) is 0 Å². The molecule has 16 heavy (non-hydrogen) atoms. The molecule has 0 saturated carbocycles. The van der Waals surface area contributed by atoms with Crippen LogP contribution < -0.4 is 0 Å². The van der Waals surface area contributed by atoms with Crippen molar-refractivity contribution in [2.45, 2.75) is 45.6 Å². The summed E-state index contributed by atoms with van der Waals surface area (Å²) in [6, 6.07) is 0. The van der Waals surface area contributed by atoms with Gasteiger partial charge in [0.25, 0.3) is 0 Å². The maximum absolute atomic E-state index is 11.2. The quantitative estimate of drug-likeness (QED) is 0.535. The van der Waals surface area contributed by atoms with Crippen molar-refractivity contribution in [2.24, 2.45) is 5.92 Å². The average molecular weight is 227 g/mol. The molecular weight excluding hydrogens is 202 g/mol. The number of aliphatic hydroxyl groups is 1. The van der Waals surface area contributed by atoms with E-state index in [1.165, 1.54) is 0 Å². The van der Waals surface area contributed by atoms with Crippen molar-refractivity contribution in [3.63, 3.8) is 0 Å². The minimum absolute atomic E-state index is 0.186. The summed E-state index contributed by atoms with van der Waals surface area (Å²) < 4.78 is 0. The highest BCUT2D eigenvalue weighted by atomic mass is 16.3. The Morgan fingerprint density at radius 3 is 2.44 bits per heavy atom. The first kappa shape index (κ1) is 15.2. The van der Waals surface area contributed by atoms with Crippen molar-refractivity contribution in [2.75, 3.05) is 14.1 Å². The Morgan fingerprint density at radius 2 is 1.94 bits per heavy atom. The van der Waals surface area contributed by atoms with Crippen LogP contribution in [0.5, 0.6) is 0 Å². The Morgan fingerprint density at radius 1 is 1.31 bits per heavy atom. The molecule has 0 aliphatic heterocycles. The summed E-state index contributed by atoms with van der Waals surface area (Å²) in [5, 5.41) is 9.27. The van der Waals surface area contributed by atoms with Gasteiger partial charge in [-0.3, -0.25) is 4.79 Å². The zero-order chi connectivity index (χ0) is 12.6. The molecule has 1 N–H and O–H groups in total. The van der Waals surface area contributed by atoms with E-state index in [1.807, 2.05) is 13.8 Å². The second-order valence-corrected chi connectivity index (χ2v) is 4.61. The molecule has 3 heteroatoms. The van der Waals surface area contributed by atoms with Crippen LogP contribution in [0.4, 0.5) is 0 Å². The molecule has 0 aliphatic rings. The van der Waals surface area contributed by atoms with Crippen molar-refractivity contribution in [3.05, 3.63) is 12.2 Å². The zero-order valence-electron chi connectivity index (χ0n) is 10.9. The van der Waals surface area contributed by atoms with Crippen LogP contribution in [-0.4, -0.2) is 36.1 Å². The van der Waals surface area contributed by atoms with Crippen LogP contribution in [0.25, 0.3) is 0 Å². The third-order valence-electron chi connectivity index (χ3n) is 2.76. The van der Waals surface area contributed by atoms with Crippen molar-refractivity contribution >= 4 is 5.91 Å². The summed E-state index contributed by atoms with van der Waals surface area (Å²) in [7, 11) is 3.56. The molecule has 0 heterocycles. The number of amides is 1. The molecule has 0 aliphatic carbocycles. The number of aliphatic hydroxyl groups excluding tert-OH is 1. The van der Waals surface area contributed by atoms with Crippen molar-refractivity contribution in [1.82, 2.24) is 4.90 Å². The first-order valence-corrected chi connectivity index (χ1v) is 5.98. The topological polar surface area (TPSA) is 40.5 Å². The number of carbonyl (C=O) groups excluding carboxylic acids is 1. The lowest BCUT2D eigenvalue weighted by atomic mass is 10.0. The van der Waals surface area contributed by atoms with Crippen LogP contribution in [0.3, 0.4) is 0 Å². The van der Waals surface area contributed by atoms with Gasteiger partial charge in [-0.1, -0.05) is 19.1 Å². The first-order valence-electron chi connectivity index (χ1n) is 5.98. The summed E-state index contributed by atoms with van der Waals surface area (Å²) in [4.78, 5) is 12.9. The Bertz CT molecular complexity index is 222. The number of carbonyl (C=O) groups is 1. The van der Waals surface area contributed by atoms with Gasteiger partial charge in [0.15, 0.2) is 0 Å². The van der Waals surface area contributed by atoms with Gasteiger partial charge in [-0.2, -0.15) is 0 Å². The largest absolute Gasteiger partial charge is 0.393 e. The summed E-state index contributed by atoms with van der Waals surface area (Å²) in [6.45, 7) is 3.85. The van der Waals surface area contributed by atoms with Gasteiger partial charge >= 0.3 is 0 Å². The molecule has 2 atom stereocenters. The second kappa shape index (κ2) is 8.34. The van der Waals surface area contributed by atoms with Crippen molar-refractivity contribution in [1.29, 1.82) is 0 Å². The summed E-state index contributed by atoms with van der Waals surface area (Å²) in [5.74, 6) is 0.491. The Kier molecular flexibility index (Phi) is 7.90. The molecule has 0 rings (SSSR count). The SMILES string of the molecule is CC(O)C(C)CC=CCCCC(=O)N(C)C. The van der Waals surface area contributed by atoms with E-state index < -0.39 is 0 Å². The molecule has 0 saturated heterocycles. The second-order valence-electron chi connectivity index (χ2n) is 4.61. The normalized spacial score (nSPS) is 15.1. The molecule has 0 radical (unpaired) electrons. The van der Waals surface area contributed by atoms with E-state index >= 15 is 0 Å². The molecule has 0 bridgehead atoms. The molecule has 3 nitrogen and oxygen atoms in total. The number of unbranched alkanes of at least 4 members (excludes halogenated alkanes) is 1. The molecule has 1 amide bonds. The van der Waals surface area contributed by atoms with Gasteiger partial charge in [-0.15, -0.1) is 0 Å². The lowest BCUT2D eigenvalue weighted by Crippen LogP contribution is -2.20. The van der Waals surface area contributed by atoms with Crippen LogP contribution in [0, 0.1) is 5.92 Å². The van der Waals surface area contributed by atoms with E-state index in [-0.39, 0.29) is 12.0 Å². The van der Waals surface area contributed by atoms with Gasteiger partial charge in [-0.05, 0) is 32.1 Å². The lowest BCUT2D eigenvalue weighted by molar-refractivity contribution is -0.128. The first-order chi connectivity index (χ1) is 7.45. The third-order valence-corrected chi connectivity index (χ3v) is 2.76. The fourth-order valence-electron chi connectivity index (χ4n) is 1.22. The Balaban J connectivity index is 3.52. The van der Waals surface area contributed by atoms with Gasteiger partial charge < -0.3 is 10.0 Å². The van der Waals surface area contributed by atoms with Gasteiger partial charge in [0, 0.05) is 20.5 Å². The van der Waals surface area contributed by atoms with Crippen molar-refractivity contribution < 1.29 is 9.90 Å². The van der Waals surface area contributed by atoms with Crippen LogP contribution in [0.1, 0.15) is 39.5 Å². The van der Waals surface area contributed by atoms with Gasteiger partial charge in [0.1, 0.15) is 0 Å². The van der Waals surface area contributed by atoms with Gasteiger partial charge in [0.05, 0.1) is 6.10 Å². The molecule has 0 aromatic rings. The number of hydrogen-bond donors (Lipinski definition) is 1. The highest BCUT2D eigenvalue weighted by Gasteiger charge is 2.05. The molecule has 0 fully saturated rings. The van der Waals surface area contributed by atoms with Crippen LogP contribution in [-0.2, 0) is 4.79 Å². The fraction of sp³-hybridized carbons (Fsp3) is 0.769. The van der Waals surface area contributed by atoms with Crippen molar-refractivity contribution in [3.8, 4) is 0 Å². The monoisotopic (exact) mass is 227 g/mol. The number of nitrogens with zero attached hydrogens (tertiary/aromatic N) is 1. The van der Waals surface area contributed by atoms with Gasteiger partial charge in [-0.25, -0.2) is 0 Å². The minimum atomic E-state index is -0.250. The van der Waals surface area contributed by atoms with E-state index in [0.29, 0.717) is 12.3 Å². The average Bonchev–Trinajstić information content (AvgIpc) is 2.21. The molecule has 0 aromatic heterocycles. The maximum atomic E-state index is 11.2. The standard InChI is InChI=1S/C13H25NO2/c1-11(12(2)15)9-7-5-6-8-10-13(16)14(3)4/h5,7,11-12,15H,6,8-10H2,1-4H3. The summed E-state index contributed by atoms with van der Waals surface area (Å²) in [5.41, 5.74) is 0. The maximum Gasteiger partial charge on any atom is 0.222 e. The molecular formula is C13H25NO2. The predicted octanol–water partition coefficient (Wildman–Crippen LogP) is 2.21. The molecule has 0 aromatic carbocycles. The van der Waals surface area contributed by atoms with Gasteiger partial charge in [0.2, 0.25) is 5.91 Å². The van der Waals surface area contributed by atoms with E-state index in [9.17, 15) is 9.90 Å². The van der Waals surface area contributed by atoms with E-state index in [2.05, 4.69) is 12.2 Å². The highest BCUT2D eigenvalue weighted by molar-refractivity contribution is 5.75. The summed E-state index contributed by atoms with van der Waals surface area (Å²) in [6.07, 6.45) is 7.30. The Labute approximate surface area is 99.1 Å².